The molecule has 0 aliphatic carbocycles. The van der Waals surface area contributed by atoms with Gasteiger partial charge in [0, 0.05) is 38.8 Å². The third-order valence-corrected chi connectivity index (χ3v) is 8.86. The molecule has 0 amide bonds. The van der Waals surface area contributed by atoms with Crippen molar-refractivity contribution in [3.63, 3.8) is 0 Å². The van der Waals surface area contributed by atoms with Crippen molar-refractivity contribution >= 4 is 33.0 Å². The van der Waals surface area contributed by atoms with Crippen LogP contribution in [0.2, 0.25) is 0 Å². The molecule has 0 N–H and O–H groups in total. The lowest BCUT2D eigenvalue weighted by Gasteiger charge is -2.37. The van der Waals surface area contributed by atoms with Gasteiger partial charge < -0.3 is 24.2 Å². The van der Waals surface area contributed by atoms with Gasteiger partial charge in [-0.25, -0.2) is 21.8 Å². The molecule has 0 unspecified atom stereocenters. The van der Waals surface area contributed by atoms with E-state index in [0.29, 0.717) is 81.7 Å². The van der Waals surface area contributed by atoms with Crippen LogP contribution in [-0.2, 0) is 14.8 Å². The number of hydrogen-bond acceptors (Lipinski definition) is 11. The number of alkyl halides is 2. The Morgan fingerprint density at radius 3 is 2.21 bits per heavy atom. The summed E-state index contributed by atoms with van der Waals surface area (Å²) >= 11 is 0. The second-order valence-corrected chi connectivity index (χ2v) is 12.9. The molecular weight excluding hydrogens is 584 g/mol. The number of morpholine rings is 1. The van der Waals surface area contributed by atoms with Gasteiger partial charge in [-0.1, -0.05) is 12.1 Å². The largest absolute Gasteiger partial charge is 0.458 e. The van der Waals surface area contributed by atoms with E-state index in [9.17, 15) is 17.2 Å². The number of imidazole rings is 1. The van der Waals surface area contributed by atoms with Crippen LogP contribution in [0.3, 0.4) is 0 Å². The molecule has 3 aromatic rings. The van der Waals surface area contributed by atoms with Crippen LogP contribution in [-0.4, -0.2) is 134 Å². The van der Waals surface area contributed by atoms with Gasteiger partial charge in [-0.2, -0.15) is 24.2 Å². The van der Waals surface area contributed by atoms with E-state index in [1.165, 1.54) is 10.8 Å². The Morgan fingerprint density at radius 2 is 1.58 bits per heavy atom. The van der Waals surface area contributed by atoms with Crippen molar-refractivity contribution in [2.75, 3.05) is 89.2 Å². The van der Waals surface area contributed by atoms with E-state index >= 15 is 0 Å². The summed E-state index contributed by atoms with van der Waals surface area (Å²) in [5, 5.41) is 0. The normalized spacial score (nSPS) is 17.1. The summed E-state index contributed by atoms with van der Waals surface area (Å²) < 4.78 is 65.7. The third-order valence-electron chi connectivity index (χ3n) is 7.53. The molecule has 4 heterocycles. The molecule has 13 nitrogen and oxygen atoms in total. The third kappa shape index (κ3) is 7.66. The second-order valence-electron chi connectivity index (χ2n) is 11.0. The molecule has 2 aliphatic heterocycles. The first-order chi connectivity index (χ1) is 20.6. The Bertz CT molecular complexity index is 1480. The number of sulfonamides is 1. The van der Waals surface area contributed by atoms with Gasteiger partial charge in [-0.15, -0.1) is 0 Å². The number of nitrogens with zero attached hydrogens (tertiary/aromatic N) is 9. The maximum atomic E-state index is 13.1. The van der Waals surface area contributed by atoms with Crippen LogP contribution < -0.4 is 14.5 Å². The van der Waals surface area contributed by atoms with Crippen molar-refractivity contribution in [1.29, 1.82) is 0 Å². The summed E-state index contributed by atoms with van der Waals surface area (Å²) in [7, 11) is 0.560. The minimum Gasteiger partial charge on any atom is -0.458 e. The zero-order chi connectivity index (χ0) is 30.6. The Hall–Kier alpha value is -3.21. The van der Waals surface area contributed by atoms with Crippen LogP contribution in [0, 0.1) is 0 Å². The molecule has 2 aromatic heterocycles. The van der Waals surface area contributed by atoms with E-state index < -0.39 is 23.1 Å². The highest BCUT2D eigenvalue weighted by Gasteiger charge is 2.32. The molecule has 16 heteroatoms. The van der Waals surface area contributed by atoms with Crippen molar-refractivity contribution in [2.24, 2.45) is 0 Å². The highest BCUT2D eigenvalue weighted by molar-refractivity contribution is 7.88. The number of aromatic nitrogens is 5. The van der Waals surface area contributed by atoms with Crippen LogP contribution in [0.4, 0.5) is 20.7 Å². The summed E-state index contributed by atoms with van der Waals surface area (Å²) in [6, 6.07) is 7.03. The van der Waals surface area contributed by atoms with Crippen LogP contribution in [0.5, 0.6) is 6.01 Å². The Labute approximate surface area is 250 Å². The van der Waals surface area contributed by atoms with Crippen molar-refractivity contribution in [1.82, 2.24) is 33.7 Å². The molecule has 0 spiro atoms. The van der Waals surface area contributed by atoms with Gasteiger partial charge >= 0.3 is 6.01 Å². The highest BCUT2D eigenvalue weighted by atomic mass is 32.2. The van der Waals surface area contributed by atoms with E-state index in [1.807, 2.05) is 34.9 Å². The zero-order valence-corrected chi connectivity index (χ0v) is 25.6. The molecule has 43 heavy (non-hydrogen) atoms. The maximum Gasteiger partial charge on any atom is 0.304 e. The van der Waals surface area contributed by atoms with E-state index in [-0.39, 0.29) is 18.0 Å². The van der Waals surface area contributed by atoms with Gasteiger partial charge in [0.25, 0.3) is 6.43 Å². The lowest BCUT2D eigenvalue weighted by molar-refractivity contribution is 0.0763. The summed E-state index contributed by atoms with van der Waals surface area (Å²) in [5.41, 5.74) is 1.16. The second kappa shape index (κ2) is 13.6. The van der Waals surface area contributed by atoms with Crippen molar-refractivity contribution in [2.45, 2.75) is 31.7 Å². The molecule has 5 rings (SSSR count). The Balaban J connectivity index is 1.46. The molecule has 2 aliphatic rings. The lowest BCUT2D eigenvalue weighted by atomic mass is 10.1. The predicted octanol–water partition coefficient (Wildman–Crippen LogP) is 1.87. The molecule has 0 bridgehead atoms. The number of benzene rings is 1. The fourth-order valence-corrected chi connectivity index (χ4v) is 6.65. The average Bonchev–Trinajstić information content (AvgIpc) is 3.36. The number of piperidine rings is 1. The first kappa shape index (κ1) is 31.2. The van der Waals surface area contributed by atoms with Gasteiger partial charge in [0.05, 0.1) is 30.5 Å². The topological polar surface area (TPSA) is 122 Å². The first-order valence-corrected chi connectivity index (χ1v) is 16.3. The monoisotopic (exact) mass is 623 g/mol. The van der Waals surface area contributed by atoms with E-state index in [0.717, 1.165) is 13.0 Å². The Morgan fingerprint density at radius 1 is 0.953 bits per heavy atom. The SMILES string of the molecule is CN(C)CCCN(C1CCN(c2nc(N3CCOCC3)nc(-n3c(OCC(F)F)nc4ccccc43)n2)CC1)S(C)(=O)=O. The van der Waals surface area contributed by atoms with Gasteiger partial charge in [0.15, 0.2) is 6.61 Å². The number of halogens is 2. The van der Waals surface area contributed by atoms with Crippen LogP contribution in [0.1, 0.15) is 19.3 Å². The number of ether oxygens (including phenoxy) is 2. The zero-order valence-electron chi connectivity index (χ0n) is 24.8. The number of fused-ring (bicyclic) bond motifs is 1. The standard InChI is InChI=1S/C27H39F2N9O4S/c1-34(2)11-6-12-37(43(3,39)40)20-9-13-35(14-10-20)24-31-25(36-15-17-41-18-16-36)33-26(32-24)38-22-8-5-4-7-21(22)30-27(38)42-19-23(28)29/h4-5,7-8,20,23H,6,9-19H2,1-3H3. The van der Waals surface area contributed by atoms with E-state index in [1.54, 1.807) is 22.5 Å². The van der Waals surface area contributed by atoms with E-state index in [2.05, 4.69) is 4.98 Å². The molecule has 2 saturated heterocycles. The number of rotatable bonds is 12. The number of hydrogen-bond donors (Lipinski definition) is 0. The molecule has 1 aromatic carbocycles. The van der Waals surface area contributed by atoms with Crippen LogP contribution >= 0.6 is 0 Å². The summed E-state index contributed by atoms with van der Waals surface area (Å²) in [6.45, 7) is 3.73. The molecule has 0 atom stereocenters. The van der Waals surface area contributed by atoms with Crippen LogP contribution in [0.25, 0.3) is 17.0 Å². The molecule has 2 fully saturated rings. The highest BCUT2D eigenvalue weighted by Crippen LogP contribution is 2.29. The number of para-hydroxylation sites is 2. The molecular formula is C27H39F2N9O4S. The van der Waals surface area contributed by atoms with Crippen molar-refractivity contribution < 1.29 is 26.7 Å². The molecule has 0 radical (unpaired) electrons. The van der Waals surface area contributed by atoms with Gasteiger partial charge in [0.1, 0.15) is 0 Å². The van der Waals surface area contributed by atoms with Gasteiger partial charge in [-0.05, 0) is 52.0 Å². The summed E-state index contributed by atoms with van der Waals surface area (Å²) in [6.07, 6.45) is 0.556. The fraction of sp³-hybridized carbons (Fsp3) is 0.630. The van der Waals surface area contributed by atoms with Gasteiger partial charge in [0.2, 0.25) is 27.9 Å². The van der Waals surface area contributed by atoms with Crippen molar-refractivity contribution in [3.8, 4) is 12.0 Å². The summed E-state index contributed by atoms with van der Waals surface area (Å²) in [5.74, 6) is 1.05. The van der Waals surface area contributed by atoms with E-state index in [4.69, 9.17) is 24.4 Å². The average molecular weight is 624 g/mol. The van der Waals surface area contributed by atoms with Crippen LogP contribution in [0.15, 0.2) is 24.3 Å². The fourth-order valence-electron chi connectivity index (χ4n) is 5.44. The molecule has 236 valence electrons. The molecule has 0 saturated carbocycles. The van der Waals surface area contributed by atoms with Gasteiger partial charge in [-0.3, -0.25) is 0 Å². The van der Waals surface area contributed by atoms with Crippen molar-refractivity contribution in [3.05, 3.63) is 24.3 Å². The Kier molecular flexibility index (Phi) is 9.88. The minimum absolute atomic E-state index is 0.0354. The number of anilines is 2. The first-order valence-electron chi connectivity index (χ1n) is 14.4. The predicted molar refractivity (Wildman–Crippen MR) is 159 cm³/mol. The maximum absolute atomic E-state index is 13.1. The summed E-state index contributed by atoms with van der Waals surface area (Å²) in [4.78, 5) is 24.8. The quantitative estimate of drug-likeness (QED) is 0.294. The smallest absolute Gasteiger partial charge is 0.304 e. The minimum atomic E-state index is -3.38. The lowest BCUT2D eigenvalue weighted by Crippen LogP contribution is -2.48.